The Morgan fingerprint density at radius 3 is 2.38 bits per heavy atom. The van der Waals surface area contributed by atoms with Gasteiger partial charge in [0.1, 0.15) is 5.82 Å². The van der Waals surface area contributed by atoms with Crippen molar-refractivity contribution in [3.8, 4) is 5.69 Å². The monoisotopic (exact) mass is 455 g/mol. The van der Waals surface area contributed by atoms with Crippen molar-refractivity contribution in [2.24, 2.45) is 5.92 Å². The highest BCUT2D eigenvalue weighted by Crippen LogP contribution is 2.27. The number of likely N-dealkylation sites (tertiary alicyclic amines) is 2. The first-order valence-electron chi connectivity index (χ1n) is 11.6. The number of piperidine rings is 1. The molecule has 0 aliphatic carbocycles. The van der Waals surface area contributed by atoms with Gasteiger partial charge >= 0.3 is 0 Å². The van der Waals surface area contributed by atoms with Crippen LogP contribution in [-0.2, 0) is 9.59 Å². The molecule has 0 N–H and O–H groups in total. The highest BCUT2D eigenvalue weighted by molar-refractivity contribution is 7.99. The Balaban J connectivity index is 1.31. The minimum Gasteiger partial charge on any atom is -0.343 e. The van der Waals surface area contributed by atoms with E-state index in [0.29, 0.717) is 24.0 Å². The van der Waals surface area contributed by atoms with Gasteiger partial charge in [-0.3, -0.25) is 14.2 Å². The van der Waals surface area contributed by atoms with Crippen LogP contribution in [0, 0.1) is 26.7 Å². The Hall–Kier alpha value is -2.35. The zero-order valence-electron chi connectivity index (χ0n) is 19.3. The van der Waals surface area contributed by atoms with Crippen LogP contribution in [-0.4, -0.2) is 68.3 Å². The molecule has 0 saturated carbocycles. The molecular formula is C24H33N5O2S. The van der Waals surface area contributed by atoms with Crippen molar-refractivity contribution in [2.45, 2.75) is 58.0 Å². The van der Waals surface area contributed by atoms with Crippen molar-refractivity contribution >= 4 is 23.6 Å². The third-order valence-corrected chi connectivity index (χ3v) is 7.53. The van der Waals surface area contributed by atoms with Gasteiger partial charge in [0, 0.05) is 32.6 Å². The predicted molar refractivity (Wildman–Crippen MR) is 126 cm³/mol. The van der Waals surface area contributed by atoms with Gasteiger partial charge in [0.25, 0.3) is 0 Å². The van der Waals surface area contributed by atoms with E-state index in [0.717, 1.165) is 74.1 Å². The summed E-state index contributed by atoms with van der Waals surface area (Å²) in [5.41, 5.74) is 3.39. The zero-order chi connectivity index (χ0) is 22.7. The van der Waals surface area contributed by atoms with Gasteiger partial charge in [-0.15, -0.1) is 10.2 Å². The molecule has 0 atom stereocenters. The van der Waals surface area contributed by atoms with Crippen LogP contribution in [0.4, 0.5) is 0 Å². The van der Waals surface area contributed by atoms with Crippen molar-refractivity contribution in [1.82, 2.24) is 24.6 Å². The molecule has 8 heteroatoms. The molecule has 3 heterocycles. The van der Waals surface area contributed by atoms with E-state index in [9.17, 15) is 9.59 Å². The summed E-state index contributed by atoms with van der Waals surface area (Å²) in [6, 6.07) is 6.32. The van der Waals surface area contributed by atoms with E-state index < -0.39 is 0 Å². The van der Waals surface area contributed by atoms with Crippen molar-refractivity contribution in [3.63, 3.8) is 0 Å². The molecule has 4 rings (SSSR count). The molecule has 0 radical (unpaired) electrons. The second-order valence-corrected chi connectivity index (χ2v) is 10.0. The lowest BCUT2D eigenvalue weighted by Gasteiger charge is -2.32. The lowest BCUT2D eigenvalue weighted by atomic mass is 9.93. The number of hydrogen-bond donors (Lipinski definition) is 0. The number of carbonyl (C=O) groups is 2. The number of nitrogens with zero attached hydrogens (tertiary/aromatic N) is 5. The molecule has 172 valence electrons. The summed E-state index contributed by atoms with van der Waals surface area (Å²) in [5.74, 6) is 1.99. The second kappa shape index (κ2) is 10.1. The average molecular weight is 456 g/mol. The Morgan fingerprint density at radius 2 is 1.66 bits per heavy atom. The van der Waals surface area contributed by atoms with Crippen molar-refractivity contribution in [1.29, 1.82) is 0 Å². The lowest BCUT2D eigenvalue weighted by molar-refractivity contribution is -0.132. The van der Waals surface area contributed by atoms with Crippen molar-refractivity contribution < 1.29 is 9.59 Å². The SMILES string of the molecule is Cc1ccc(C)c(-n2c(C)nnc2SCC(=O)N2CCC(CC(=O)N3CCCC3)CC2)c1. The van der Waals surface area contributed by atoms with E-state index in [1.54, 1.807) is 0 Å². The van der Waals surface area contributed by atoms with Gasteiger partial charge < -0.3 is 9.80 Å². The second-order valence-electron chi connectivity index (χ2n) is 9.06. The molecule has 2 saturated heterocycles. The number of aromatic nitrogens is 3. The lowest BCUT2D eigenvalue weighted by Crippen LogP contribution is -2.40. The first kappa shape index (κ1) is 22.8. The maximum atomic E-state index is 12.9. The number of thioether (sulfide) groups is 1. The van der Waals surface area contributed by atoms with E-state index in [-0.39, 0.29) is 5.91 Å². The van der Waals surface area contributed by atoms with Gasteiger partial charge in [-0.25, -0.2) is 0 Å². The molecule has 0 spiro atoms. The molecule has 2 aliphatic heterocycles. The third-order valence-electron chi connectivity index (χ3n) is 6.61. The third kappa shape index (κ3) is 5.17. The number of amides is 2. The maximum Gasteiger partial charge on any atom is 0.233 e. The molecule has 2 amide bonds. The number of carbonyl (C=O) groups excluding carboxylic acids is 2. The topological polar surface area (TPSA) is 71.3 Å². The summed E-state index contributed by atoms with van der Waals surface area (Å²) >= 11 is 1.44. The Labute approximate surface area is 194 Å². The Bertz CT molecular complexity index is 975. The van der Waals surface area contributed by atoms with Crippen molar-refractivity contribution in [3.05, 3.63) is 35.2 Å². The van der Waals surface area contributed by atoms with E-state index in [1.807, 2.05) is 21.3 Å². The van der Waals surface area contributed by atoms with E-state index in [4.69, 9.17) is 0 Å². The molecule has 2 aromatic rings. The highest BCUT2D eigenvalue weighted by Gasteiger charge is 2.27. The van der Waals surface area contributed by atoms with Crippen LogP contribution in [0.5, 0.6) is 0 Å². The molecule has 7 nitrogen and oxygen atoms in total. The highest BCUT2D eigenvalue weighted by atomic mass is 32.2. The standard InChI is InChI=1S/C24H33N5O2S/c1-17-6-7-18(2)21(14-17)29-19(3)25-26-24(29)32-16-23(31)28-12-8-20(9-13-28)15-22(30)27-10-4-5-11-27/h6-7,14,20H,4-5,8-13,15-16H2,1-3H3. The molecule has 0 unspecified atom stereocenters. The molecular weight excluding hydrogens is 422 g/mol. The van der Waals surface area contributed by atoms with Crippen LogP contribution < -0.4 is 0 Å². The number of hydrogen-bond acceptors (Lipinski definition) is 5. The maximum absolute atomic E-state index is 12.9. The van der Waals surface area contributed by atoms with Gasteiger partial charge in [-0.1, -0.05) is 23.9 Å². The van der Waals surface area contributed by atoms with Crippen LogP contribution >= 0.6 is 11.8 Å². The fourth-order valence-electron chi connectivity index (χ4n) is 4.62. The molecule has 2 fully saturated rings. The van der Waals surface area contributed by atoms with Crippen LogP contribution in [0.3, 0.4) is 0 Å². The van der Waals surface area contributed by atoms with E-state index in [2.05, 4.69) is 42.2 Å². The molecule has 1 aromatic heterocycles. The number of benzene rings is 1. The quantitative estimate of drug-likeness (QED) is 0.623. The largest absolute Gasteiger partial charge is 0.343 e. The van der Waals surface area contributed by atoms with Gasteiger partial charge in [0.2, 0.25) is 11.8 Å². The van der Waals surface area contributed by atoms with Crippen LogP contribution in [0.15, 0.2) is 23.4 Å². The van der Waals surface area contributed by atoms with Crippen LogP contribution in [0.25, 0.3) is 5.69 Å². The number of rotatable bonds is 6. The van der Waals surface area contributed by atoms with Gasteiger partial charge in [0.15, 0.2) is 5.16 Å². The van der Waals surface area contributed by atoms with Crippen LogP contribution in [0.2, 0.25) is 0 Å². The summed E-state index contributed by atoms with van der Waals surface area (Å²) in [5, 5.41) is 9.33. The summed E-state index contributed by atoms with van der Waals surface area (Å²) in [7, 11) is 0. The smallest absolute Gasteiger partial charge is 0.233 e. The Morgan fingerprint density at radius 1 is 0.969 bits per heavy atom. The number of aryl methyl sites for hydroxylation is 3. The molecule has 0 bridgehead atoms. The zero-order valence-corrected chi connectivity index (χ0v) is 20.2. The molecule has 1 aromatic carbocycles. The van der Waals surface area contributed by atoms with Crippen molar-refractivity contribution in [2.75, 3.05) is 31.9 Å². The van der Waals surface area contributed by atoms with Gasteiger partial charge in [0.05, 0.1) is 11.4 Å². The minimum atomic E-state index is 0.132. The molecule has 32 heavy (non-hydrogen) atoms. The van der Waals surface area contributed by atoms with E-state index >= 15 is 0 Å². The molecule has 2 aliphatic rings. The summed E-state index contributed by atoms with van der Waals surface area (Å²) < 4.78 is 2.04. The summed E-state index contributed by atoms with van der Waals surface area (Å²) in [4.78, 5) is 29.2. The van der Waals surface area contributed by atoms with Gasteiger partial charge in [-0.05, 0) is 69.6 Å². The average Bonchev–Trinajstić information content (AvgIpc) is 3.44. The summed E-state index contributed by atoms with van der Waals surface area (Å²) in [6.07, 6.45) is 4.72. The van der Waals surface area contributed by atoms with Gasteiger partial charge in [-0.2, -0.15) is 0 Å². The first-order valence-corrected chi connectivity index (χ1v) is 12.6. The van der Waals surface area contributed by atoms with E-state index in [1.165, 1.54) is 17.3 Å². The normalized spacial score (nSPS) is 17.2. The summed E-state index contributed by atoms with van der Waals surface area (Å²) in [6.45, 7) is 9.39. The predicted octanol–water partition coefficient (Wildman–Crippen LogP) is 3.54. The fraction of sp³-hybridized carbons (Fsp3) is 0.583. The minimum absolute atomic E-state index is 0.132. The first-order chi connectivity index (χ1) is 15.4. The fourth-order valence-corrected chi connectivity index (χ4v) is 5.51. The Kier molecular flexibility index (Phi) is 7.18. The van der Waals surface area contributed by atoms with Crippen LogP contribution in [0.1, 0.15) is 49.1 Å².